The molecule has 0 spiro atoms. The number of morpholine rings is 1. The SMILES string of the molecule is C=CCc1ccccc1COC[C@@H](O)CN1C[C@@H](C)O[C@@H](C)C1. The van der Waals surface area contributed by atoms with Gasteiger partial charge in [-0.3, -0.25) is 4.90 Å². The maximum atomic E-state index is 10.2. The summed E-state index contributed by atoms with van der Waals surface area (Å²) < 4.78 is 11.4. The van der Waals surface area contributed by atoms with Crippen LogP contribution >= 0.6 is 0 Å². The molecule has 0 bridgehead atoms. The number of β-amino-alcohol motifs (C(OH)–C–C–N with tert-alkyl or cyclic N) is 1. The summed E-state index contributed by atoms with van der Waals surface area (Å²) in [6.45, 7) is 11.2. The first-order chi connectivity index (χ1) is 11.1. The van der Waals surface area contributed by atoms with Gasteiger partial charge in [0.25, 0.3) is 0 Å². The maximum absolute atomic E-state index is 10.2. The van der Waals surface area contributed by atoms with E-state index in [1.54, 1.807) is 0 Å². The number of allylic oxidation sites excluding steroid dienone is 1. The summed E-state index contributed by atoms with van der Waals surface area (Å²) >= 11 is 0. The molecule has 1 aromatic rings. The van der Waals surface area contributed by atoms with Crippen LogP contribution in [0.5, 0.6) is 0 Å². The van der Waals surface area contributed by atoms with E-state index in [4.69, 9.17) is 9.47 Å². The van der Waals surface area contributed by atoms with Gasteiger partial charge in [0.2, 0.25) is 0 Å². The summed E-state index contributed by atoms with van der Waals surface area (Å²) in [7, 11) is 0. The molecule has 1 aliphatic heterocycles. The molecule has 1 aromatic carbocycles. The molecule has 1 N–H and O–H groups in total. The maximum Gasteiger partial charge on any atom is 0.0900 e. The molecule has 0 saturated carbocycles. The largest absolute Gasteiger partial charge is 0.389 e. The van der Waals surface area contributed by atoms with E-state index in [0.717, 1.165) is 25.1 Å². The van der Waals surface area contributed by atoms with Crippen molar-refractivity contribution in [3.8, 4) is 0 Å². The number of hydrogen-bond donors (Lipinski definition) is 1. The van der Waals surface area contributed by atoms with Crippen molar-refractivity contribution in [2.45, 2.75) is 45.2 Å². The second kappa shape index (κ2) is 9.18. The molecule has 0 radical (unpaired) electrons. The van der Waals surface area contributed by atoms with Crippen molar-refractivity contribution in [1.29, 1.82) is 0 Å². The fourth-order valence-corrected chi connectivity index (χ4v) is 3.14. The number of hydrogen-bond acceptors (Lipinski definition) is 4. The van der Waals surface area contributed by atoms with Crippen LogP contribution in [0.15, 0.2) is 36.9 Å². The first kappa shape index (κ1) is 18.1. The van der Waals surface area contributed by atoms with Crippen LogP contribution in [0.2, 0.25) is 0 Å². The summed E-state index contributed by atoms with van der Waals surface area (Å²) in [5.74, 6) is 0. The van der Waals surface area contributed by atoms with Crippen LogP contribution in [0.3, 0.4) is 0 Å². The van der Waals surface area contributed by atoms with Gasteiger partial charge in [-0.2, -0.15) is 0 Å². The van der Waals surface area contributed by atoms with Crippen molar-refractivity contribution in [1.82, 2.24) is 4.90 Å². The molecule has 1 fully saturated rings. The Kier molecular flexibility index (Phi) is 7.24. The van der Waals surface area contributed by atoms with E-state index < -0.39 is 6.10 Å². The Hall–Kier alpha value is -1.20. The monoisotopic (exact) mass is 319 g/mol. The Morgan fingerprint density at radius 2 is 1.96 bits per heavy atom. The predicted octanol–water partition coefficient (Wildman–Crippen LogP) is 2.40. The Balaban J connectivity index is 1.74. The predicted molar refractivity (Wildman–Crippen MR) is 92.5 cm³/mol. The molecule has 1 aliphatic rings. The standard InChI is InChI=1S/C19H29NO3/c1-4-7-17-8-5-6-9-18(17)13-22-14-19(21)12-20-10-15(2)23-16(3)11-20/h4-6,8-9,15-16,19,21H,1,7,10-14H2,2-3H3/t15-,16+,19-/m0/s1. The van der Waals surface area contributed by atoms with Crippen LogP contribution in [0, 0.1) is 0 Å². The summed E-state index contributed by atoms with van der Waals surface area (Å²) in [4.78, 5) is 2.25. The molecule has 0 aromatic heterocycles. The van der Waals surface area contributed by atoms with Crippen molar-refractivity contribution in [2.24, 2.45) is 0 Å². The highest BCUT2D eigenvalue weighted by Gasteiger charge is 2.23. The van der Waals surface area contributed by atoms with Gasteiger partial charge in [-0.25, -0.2) is 0 Å². The smallest absolute Gasteiger partial charge is 0.0900 e. The van der Waals surface area contributed by atoms with Crippen molar-refractivity contribution in [3.05, 3.63) is 48.0 Å². The minimum Gasteiger partial charge on any atom is -0.389 e. The topological polar surface area (TPSA) is 41.9 Å². The first-order valence-corrected chi connectivity index (χ1v) is 8.39. The minimum atomic E-state index is -0.473. The van der Waals surface area contributed by atoms with E-state index in [-0.39, 0.29) is 12.2 Å². The van der Waals surface area contributed by atoms with E-state index in [0.29, 0.717) is 19.8 Å². The molecular formula is C19H29NO3. The Morgan fingerprint density at radius 1 is 1.30 bits per heavy atom. The van der Waals surface area contributed by atoms with Crippen LogP contribution in [-0.2, 0) is 22.5 Å². The average molecular weight is 319 g/mol. The van der Waals surface area contributed by atoms with Crippen LogP contribution < -0.4 is 0 Å². The number of benzene rings is 1. The fourth-order valence-electron chi connectivity index (χ4n) is 3.14. The van der Waals surface area contributed by atoms with E-state index >= 15 is 0 Å². The molecule has 23 heavy (non-hydrogen) atoms. The van der Waals surface area contributed by atoms with Gasteiger partial charge in [0.1, 0.15) is 0 Å². The van der Waals surface area contributed by atoms with Gasteiger partial charge in [0.05, 0.1) is 31.5 Å². The van der Waals surface area contributed by atoms with Crippen molar-refractivity contribution in [2.75, 3.05) is 26.2 Å². The van der Waals surface area contributed by atoms with Crippen LogP contribution in [0.4, 0.5) is 0 Å². The van der Waals surface area contributed by atoms with Gasteiger partial charge in [-0.05, 0) is 31.4 Å². The molecule has 2 rings (SSSR count). The number of aliphatic hydroxyl groups excluding tert-OH is 1. The zero-order valence-electron chi connectivity index (χ0n) is 14.3. The Morgan fingerprint density at radius 3 is 2.61 bits per heavy atom. The molecule has 1 saturated heterocycles. The highest BCUT2D eigenvalue weighted by molar-refractivity contribution is 5.28. The Labute approximate surface area is 139 Å². The zero-order valence-corrected chi connectivity index (χ0v) is 14.3. The lowest BCUT2D eigenvalue weighted by Crippen LogP contribution is -2.48. The molecule has 4 heteroatoms. The summed E-state index contributed by atoms with van der Waals surface area (Å²) in [5.41, 5.74) is 2.39. The van der Waals surface area contributed by atoms with E-state index in [9.17, 15) is 5.11 Å². The lowest BCUT2D eigenvalue weighted by molar-refractivity contribution is -0.0826. The molecule has 1 heterocycles. The van der Waals surface area contributed by atoms with Crippen LogP contribution in [-0.4, -0.2) is 54.6 Å². The Bertz CT molecular complexity index is 481. The first-order valence-electron chi connectivity index (χ1n) is 8.39. The summed E-state index contributed by atoms with van der Waals surface area (Å²) in [6.07, 6.45) is 2.70. The quantitative estimate of drug-likeness (QED) is 0.747. The third-order valence-corrected chi connectivity index (χ3v) is 4.01. The van der Waals surface area contributed by atoms with Gasteiger partial charge < -0.3 is 14.6 Å². The molecule has 3 atom stereocenters. The molecule has 0 amide bonds. The fraction of sp³-hybridized carbons (Fsp3) is 0.579. The van der Waals surface area contributed by atoms with Gasteiger partial charge in [0, 0.05) is 19.6 Å². The number of rotatable bonds is 8. The van der Waals surface area contributed by atoms with E-state index in [2.05, 4.69) is 37.5 Å². The summed E-state index contributed by atoms with van der Waals surface area (Å²) in [5, 5.41) is 10.2. The van der Waals surface area contributed by atoms with Gasteiger partial charge in [0.15, 0.2) is 0 Å². The van der Waals surface area contributed by atoms with Crippen LogP contribution in [0.25, 0.3) is 0 Å². The van der Waals surface area contributed by atoms with Gasteiger partial charge in [-0.15, -0.1) is 6.58 Å². The normalized spacial score (nSPS) is 23.6. The summed E-state index contributed by atoms with van der Waals surface area (Å²) in [6, 6.07) is 8.19. The van der Waals surface area contributed by atoms with E-state index in [1.165, 1.54) is 5.56 Å². The number of nitrogens with zero attached hydrogens (tertiary/aromatic N) is 1. The number of ether oxygens (including phenoxy) is 2. The van der Waals surface area contributed by atoms with Crippen LogP contribution in [0.1, 0.15) is 25.0 Å². The average Bonchev–Trinajstić information content (AvgIpc) is 2.48. The van der Waals surface area contributed by atoms with Crippen molar-refractivity contribution >= 4 is 0 Å². The van der Waals surface area contributed by atoms with Crippen molar-refractivity contribution < 1.29 is 14.6 Å². The highest BCUT2D eigenvalue weighted by atomic mass is 16.5. The third-order valence-electron chi connectivity index (χ3n) is 4.01. The van der Waals surface area contributed by atoms with Crippen molar-refractivity contribution in [3.63, 3.8) is 0 Å². The molecule has 0 aliphatic carbocycles. The molecular weight excluding hydrogens is 290 g/mol. The van der Waals surface area contributed by atoms with E-state index in [1.807, 2.05) is 18.2 Å². The number of aliphatic hydroxyl groups is 1. The molecule has 128 valence electrons. The highest BCUT2D eigenvalue weighted by Crippen LogP contribution is 2.13. The molecule has 4 nitrogen and oxygen atoms in total. The lowest BCUT2D eigenvalue weighted by Gasteiger charge is -2.36. The third kappa shape index (κ3) is 6.07. The zero-order chi connectivity index (χ0) is 16.7. The molecule has 0 unspecified atom stereocenters. The lowest BCUT2D eigenvalue weighted by atomic mass is 10.1. The van der Waals surface area contributed by atoms with Gasteiger partial charge >= 0.3 is 0 Å². The minimum absolute atomic E-state index is 0.220. The second-order valence-corrected chi connectivity index (χ2v) is 6.41. The van der Waals surface area contributed by atoms with Gasteiger partial charge in [-0.1, -0.05) is 30.3 Å². The second-order valence-electron chi connectivity index (χ2n) is 6.41.